The maximum Gasteiger partial charge on any atom is 0.142 e. The molecule has 3 rings (SSSR count). The van der Waals surface area contributed by atoms with E-state index in [0.717, 1.165) is 24.4 Å². The predicted octanol–water partition coefficient (Wildman–Crippen LogP) is 2.24. The molecule has 4 nitrogen and oxygen atoms in total. The predicted molar refractivity (Wildman–Crippen MR) is 66.5 cm³/mol. The van der Waals surface area contributed by atoms with E-state index in [2.05, 4.69) is 28.5 Å². The number of methoxy groups -OCH3 is 1. The molecule has 0 amide bonds. The number of fused-ring (bicyclic) bond motifs is 2. The van der Waals surface area contributed by atoms with E-state index in [1.807, 2.05) is 12.3 Å². The Bertz CT molecular complexity index is 560. The number of aromatic nitrogens is 2. The van der Waals surface area contributed by atoms with E-state index in [-0.39, 0.29) is 0 Å². The lowest BCUT2D eigenvalue weighted by Gasteiger charge is -2.14. The van der Waals surface area contributed by atoms with Gasteiger partial charge in [0, 0.05) is 24.2 Å². The van der Waals surface area contributed by atoms with Crippen molar-refractivity contribution in [2.75, 3.05) is 12.4 Å². The van der Waals surface area contributed by atoms with Crippen LogP contribution in [0.25, 0.3) is 0 Å². The molecule has 0 fully saturated rings. The number of aryl methyl sites for hydroxylation is 1. The SMILES string of the molecule is COc1ccc(C)c2c1NCc1cn[nH]c1C2. The molecule has 1 aromatic heterocycles. The monoisotopic (exact) mass is 229 g/mol. The van der Waals surface area contributed by atoms with Gasteiger partial charge in [-0.25, -0.2) is 0 Å². The van der Waals surface area contributed by atoms with Gasteiger partial charge >= 0.3 is 0 Å². The van der Waals surface area contributed by atoms with Crippen LogP contribution in [0.3, 0.4) is 0 Å². The van der Waals surface area contributed by atoms with E-state index < -0.39 is 0 Å². The smallest absolute Gasteiger partial charge is 0.142 e. The lowest BCUT2D eigenvalue weighted by Crippen LogP contribution is -2.02. The van der Waals surface area contributed by atoms with Crippen LogP contribution in [0.15, 0.2) is 18.3 Å². The van der Waals surface area contributed by atoms with Crippen molar-refractivity contribution in [3.05, 3.63) is 40.7 Å². The fourth-order valence-electron chi connectivity index (χ4n) is 2.33. The van der Waals surface area contributed by atoms with Crippen molar-refractivity contribution in [3.8, 4) is 5.75 Å². The van der Waals surface area contributed by atoms with E-state index in [1.165, 1.54) is 22.4 Å². The van der Waals surface area contributed by atoms with Gasteiger partial charge in [0.25, 0.3) is 0 Å². The van der Waals surface area contributed by atoms with Gasteiger partial charge in [-0.1, -0.05) is 6.07 Å². The number of rotatable bonds is 1. The molecule has 17 heavy (non-hydrogen) atoms. The molecule has 0 atom stereocenters. The van der Waals surface area contributed by atoms with Crippen LogP contribution in [-0.4, -0.2) is 17.3 Å². The number of aromatic amines is 1. The van der Waals surface area contributed by atoms with Crippen LogP contribution >= 0.6 is 0 Å². The Morgan fingerprint density at radius 1 is 1.35 bits per heavy atom. The molecule has 1 aliphatic rings. The normalized spacial score (nSPS) is 13.3. The van der Waals surface area contributed by atoms with Crippen LogP contribution in [0, 0.1) is 6.92 Å². The fourth-order valence-corrected chi connectivity index (χ4v) is 2.33. The van der Waals surface area contributed by atoms with Crippen molar-refractivity contribution in [1.82, 2.24) is 10.2 Å². The second-order valence-electron chi connectivity index (χ2n) is 4.34. The summed E-state index contributed by atoms with van der Waals surface area (Å²) in [5.41, 5.74) is 6.08. The number of nitrogens with zero attached hydrogens (tertiary/aromatic N) is 1. The lowest BCUT2D eigenvalue weighted by molar-refractivity contribution is 0.416. The van der Waals surface area contributed by atoms with Crippen molar-refractivity contribution in [1.29, 1.82) is 0 Å². The maximum atomic E-state index is 5.41. The Morgan fingerprint density at radius 3 is 3.06 bits per heavy atom. The topological polar surface area (TPSA) is 49.9 Å². The summed E-state index contributed by atoms with van der Waals surface area (Å²) >= 11 is 0. The van der Waals surface area contributed by atoms with Crippen LogP contribution in [0.2, 0.25) is 0 Å². The van der Waals surface area contributed by atoms with E-state index in [4.69, 9.17) is 4.74 Å². The molecule has 2 heterocycles. The number of H-pyrrole nitrogens is 1. The largest absolute Gasteiger partial charge is 0.495 e. The third-order valence-corrected chi connectivity index (χ3v) is 3.35. The number of hydrogen-bond acceptors (Lipinski definition) is 3. The van der Waals surface area contributed by atoms with Gasteiger partial charge in [-0.3, -0.25) is 5.10 Å². The van der Waals surface area contributed by atoms with Crippen LogP contribution in [0.4, 0.5) is 5.69 Å². The second-order valence-corrected chi connectivity index (χ2v) is 4.34. The molecule has 2 N–H and O–H groups in total. The van der Waals surface area contributed by atoms with Crippen molar-refractivity contribution in [3.63, 3.8) is 0 Å². The van der Waals surface area contributed by atoms with Crippen molar-refractivity contribution in [2.45, 2.75) is 19.9 Å². The second kappa shape index (κ2) is 3.80. The van der Waals surface area contributed by atoms with E-state index in [9.17, 15) is 0 Å². The van der Waals surface area contributed by atoms with Gasteiger partial charge in [-0.15, -0.1) is 0 Å². The third kappa shape index (κ3) is 1.56. The van der Waals surface area contributed by atoms with Crippen LogP contribution in [0.5, 0.6) is 5.75 Å². The summed E-state index contributed by atoms with van der Waals surface area (Å²) in [6.45, 7) is 2.92. The Hall–Kier alpha value is -1.97. The summed E-state index contributed by atoms with van der Waals surface area (Å²) in [6, 6.07) is 4.11. The molecule has 88 valence electrons. The first-order valence-corrected chi connectivity index (χ1v) is 5.71. The van der Waals surface area contributed by atoms with Crippen LogP contribution < -0.4 is 10.1 Å². The zero-order chi connectivity index (χ0) is 11.8. The summed E-state index contributed by atoms with van der Waals surface area (Å²) in [5, 5.41) is 10.6. The molecule has 0 bridgehead atoms. The maximum absolute atomic E-state index is 5.41. The average Bonchev–Trinajstić information content (AvgIpc) is 2.70. The van der Waals surface area contributed by atoms with Crippen LogP contribution in [0.1, 0.15) is 22.4 Å². The van der Waals surface area contributed by atoms with Crippen molar-refractivity contribution >= 4 is 5.69 Å². The average molecular weight is 229 g/mol. The summed E-state index contributed by atoms with van der Waals surface area (Å²) in [4.78, 5) is 0. The molecule has 0 aliphatic carbocycles. The molecule has 0 saturated heterocycles. The van der Waals surface area contributed by atoms with Gasteiger partial charge in [0.1, 0.15) is 5.75 Å². The zero-order valence-electron chi connectivity index (χ0n) is 10.0. The Morgan fingerprint density at radius 2 is 2.24 bits per heavy atom. The molecule has 0 saturated carbocycles. The Labute approximate surface area is 100 Å². The van der Waals surface area contributed by atoms with Crippen LogP contribution in [-0.2, 0) is 13.0 Å². The molecule has 0 spiro atoms. The molecule has 2 aromatic rings. The fraction of sp³-hybridized carbons (Fsp3) is 0.308. The minimum Gasteiger partial charge on any atom is -0.495 e. The molecule has 1 aliphatic heterocycles. The molecular weight excluding hydrogens is 214 g/mol. The highest BCUT2D eigenvalue weighted by molar-refractivity contribution is 5.66. The highest BCUT2D eigenvalue weighted by atomic mass is 16.5. The summed E-state index contributed by atoms with van der Waals surface area (Å²) in [6.07, 6.45) is 2.76. The first-order chi connectivity index (χ1) is 8.29. The zero-order valence-corrected chi connectivity index (χ0v) is 10.0. The van der Waals surface area contributed by atoms with Crippen molar-refractivity contribution < 1.29 is 4.74 Å². The van der Waals surface area contributed by atoms with Gasteiger partial charge < -0.3 is 10.1 Å². The first kappa shape index (κ1) is 10.2. The number of hydrogen-bond donors (Lipinski definition) is 2. The van der Waals surface area contributed by atoms with E-state index >= 15 is 0 Å². The molecule has 0 radical (unpaired) electrons. The van der Waals surface area contributed by atoms with Gasteiger partial charge in [0.15, 0.2) is 0 Å². The highest BCUT2D eigenvalue weighted by Gasteiger charge is 2.18. The Balaban J connectivity index is 2.15. The van der Waals surface area contributed by atoms with E-state index in [0.29, 0.717) is 0 Å². The number of benzene rings is 1. The first-order valence-electron chi connectivity index (χ1n) is 5.71. The molecule has 0 unspecified atom stereocenters. The van der Waals surface area contributed by atoms with Crippen molar-refractivity contribution in [2.24, 2.45) is 0 Å². The minimum absolute atomic E-state index is 0.790. The molecule has 4 heteroatoms. The molecular formula is C13H15N3O. The highest BCUT2D eigenvalue weighted by Crippen LogP contribution is 2.35. The quantitative estimate of drug-likeness (QED) is 0.788. The van der Waals surface area contributed by atoms with Gasteiger partial charge in [0.05, 0.1) is 19.0 Å². The number of ether oxygens (including phenoxy) is 1. The summed E-state index contributed by atoms with van der Waals surface area (Å²) < 4.78 is 5.41. The van der Waals surface area contributed by atoms with Gasteiger partial charge in [-0.2, -0.15) is 5.10 Å². The standard InChI is InChI=1S/C13H15N3O/c1-8-3-4-12(17-2)13-10(8)5-11-9(6-14-13)7-15-16-11/h3-4,7,14H,5-6H2,1-2H3,(H,15,16). The Kier molecular flexibility index (Phi) is 2.28. The number of anilines is 1. The lowest BCUT2D eigenvalue weighted by atomic mass is 10.0. The third-order valence-electron chi connectivity index (χ3n) is 3.35. The number of nitrogens with one attached hydrogen (secondary N) is 2. The minimum atomic E-state index is 0.790. The van der Waals surface area contributed by atoms with E-state index in [1.54, 1.807) is 7.11 Å². The van der Waals surface area contributed by atoms with Gasteiger partial charge in [0.2, 0.25) is 0 Å². The molecule has 1 aromatic carbocycles. The summed E-state index contributed by atoms with van der Waals surface area (Å²) in [7, 11) is 1.71. The van der Waals surface area contributed by atoms with Gasteiger partial charge in [-0.05, 0) is 24.1 Å². The summed E-state index contributed by atoms with van der Waals surface area (Å²) in [5.74, 6) is 0.906.